The first-order chi connectivity index (χ1) is 24.1. The third kappa shape index (κ3) is 4.17. The highest BCUT2D eigenvalue weighted by atomic mass is 14.4. The Labute approximate surface area is 286 Å². The molecule has 9 aromatic carbocycles. The largest absolute Gasteiger partial charge is 0.0616 e. The van der Waals surface area contributed by atoms with Crippen LogP contribution in [0.5, 0.6) is 0 Å². The average Bonchev–Trinajstić information content (AvgIpc) is 3.39. The fraction of sp³-hybridized carbons (Fsp3) is 0.0612. The Bertz CT molecular complexity index is 2740. The van der Waals surface area contributed by atoms with Gasteiger partial charge in [0.1, 0.15) is 0 Å². The van der Waals surface area contributed by atoms with E-state index in [1.807, 2.05) is 0 Å². The molecule has 0 saturated heterocycles. The third-order valence-corrected chi connectivity index (χ3v) is 11.0. The highest BCUT2D eigenvalue weighted by molar-refractivity contribution is 6.22. The molecule has 9 aromatic rings. The highest BCUT2D eigenvalue weighted by Crippen LogP contribution is 2.53. The number of hydrogen-bond acceptors (Lipinski definition) is 0. The van der Waals surface area contributed by atoms with E-state index in [1.54, 1.807) is 0 Å². The van der Waals surface area contributed by atoms with Gasteiger partial charge < -0.3 is 0 Å². The first kappa shape index (κ1) is 28.1. The first-order valence-electron chi connectivity index (χ1n) is 17.3. The predicted molar refractivity (Wildman–Crippen MR) is 210 cm³/mol. The van der Waals surface area contributed by atoms with Gasteiger partial charge in [0.05, 0.1) is 0 Å². The zero-order valence-electron chi connectivity index (χ0n) is 27.7. The molecule has 1 aliphatic rings. The number of benzene rings is 9. The van der Waals surface area contributed by atoms with E-state index in [0.29, 0.717) is 0 Å². The Morgan fingerprint density at radius 1 is 0.306 bits per heavy atom. The van der Waals surface area contributed by atoms with Crippen molar-refractivity contribution in [2.75, 3.05) is 0 Å². The molecular formula is C49H34. The molecule has 0 fully saturated rings. The Morgan fingerprint density at radius 2 is 0.796 bits per heavy atom. The lowest BCUT2D eigenvalue weighted by Gasteiger charge is -2.22. The van der Waals surface area contributed by atoms with E-state index in [1.165, 1.54) is 98.7 Å². The van der Waals surface area contributed by atoms with Gasteiger partial charge in [0, 0.05) is 5.41 Å². The highest BCUT2D eigenvalue weighted by Gasteiger charge is 2.36. The molecule has 0 saturated carbocycles. The van der Waals surface area contributed by atoms with Crippen LogP contribution in [-0.2, 0) is 5.41 Å². The lowest BCUT2D eigenvalue weighted by Crippen LogP contribution is -2.14. The standard InChI is InChI=1S/C49H34/c1-49(2)44-26-25-37(30-43(44)48-38-17-6-5-13-32(38)24-27-45(48)49)47-41-20-9-7-18-39(41)46(40-19-8-10-21-42(40)47)36-16-11-15-34(29-36)35-23-22-31-12-3-4-14-33(31)28-35/h3-30H,1-2H3. The molecule has 0 radical (unpaired) electrons. The van der Waals surface area contributed by atoms with Gasteiger partial charge in [-0.25, -0.2) is 0 Å². The topological polar surface area (TPSA) is 0 Å². The van der Waals surface area contributed by atoms with E-state index in [-0.39, 0.29) is 5.41 Å². The first-order valence-corrected chi connectivity index (χ1v) is 17.3. The second kappa shape index (κ2) is 10.5. The van der Waals surface area contributed by atoms with Crippen molar-refractivity contribution in [2.45, 2.75) is 19.3 Å². The summed E-state index contributed by atoms with van der Waals surface area (Å²) in [6.45, 7) is 4.75. The van der Waals surface area contributed by atoms with Gasteiger partial charge in [0.25, 0.3) is 0 Å². The van der Waals surface area contributed by atoms with E-state index < -0.39 is 0 Å². The van der Waals surface area contributed by atoms with E-state index in [4.69, 9.17) is 0 Å². The van der Waals surface area contributed by atoms with Crippen LogP contribution in [0.1, 0.15) is 25.0 Å². The molecule has 10 rings (SSSR count). The Hall–Kier alpha value is -5.98. The molecule has 0 heteroatoms. The maximum atomic E-state index is 2.48. The minimum Gasteiger partial charge on any atom is -0.0616 e. The molecule has 0 N–H and O–H groups in total. The fourth-order valence-electron chi connectivity index (χ4n) is 8.65. The molecule has 0 amide bonds. The van der Waals surface area contributed by atoms with Gasteiger partial charge in [-0.05, 0) is 117 Å². The Balaban J connectivity index is 1.21. The van der Waals surface area contributed by atoms with Crippen molar-refractivity contribution < 1.29 is 0 Å². The summed E-state index contributed by atoms with van der Waals surface area (Å²) in [6, 6.07) is 63.2. The molecular weight excluding hydrogens is 589 g/mol. The van der Waals surface area contributed by atoms with Gasteiger partial charge in [0.2, 0.25) is 0 Å². The second-order valence-electron chi connectivity index (χ2n) is 14.1. The lowest BCUT2D eigenvalue weighted by molar-refractivity contribution is 0.661. The zero-order valence-corrected chi connectivity index (χ0v) is 27.7. The van der Waals surface area contributed by atoms with Crippen LogP contribution in [0, 0.1) is 0 Å². The van der Waals surface area contributed by atoms with Crippen LogP contribution in [-0.4, -0.2) is 0 Å². The maximum absolute atomic E-state index is 2.48. The summed E-state index contributed by atoms with van der Waals surface area (Å²) in [5.74, 6) is 0. The molecule has 230 valence electrons. The van der Waals surface area contributed by atoms with Crippen LogP contribution >= 0.6 is 0 Å². The van der Waals surface area contributed by atoms with Crippen molar-refractivity contribution in [3.8, 4) is 44.5 Å². The molecule has 0 unspecified atom stereocenters. The molecule has 1 aliphatic carbocycles. The fourth-order valence-corrected chi connectivity index (χ4v) is 8.65. The normalized spacial score (nSPS) is 13.3. The van der Waals surface area contributed by atoms with Crippen molar-refractivity contribution in [3.63, 3.8) is 0 Å². The molecule has 0 nitrogen and oxygen atoms in total. The quantitative estimate of drug-likeness (QED) is 0.172. The molecule has 0 aliphatic heterocycles. The summed E-state index contributed by atoms with van der Waals surface area (Å²) in [6.07, 6.45) is 0. The number of hydrogen-bond donors (Lipinski definition) is 0. The zero-order chi connectivity index (χ0) is 32.7. The van der Waals surface area contributed by atoms with Crippen molar-refractivity contribution in [1.29, 1.82) is 0 Å². The summed E-state index contributed by atoms with van der Waals surface area (Å²) in [7, 11) is 0. The van der Waals surface area contributed by atoms with Crippen molar-refractivity contribution in [2.24, 2.45) is 0 Å². The van der Waals surface area contributed by atoms with Crippen LogP contribution in [0.3, 0.4) is 0 Å². The lowest BCUT2D eigenvalue weighted by atomic mass is 9.81. The van der Waals surface area contributed by atoms with Gasteiger partial charge in [-0.3, -0.25) is 0 Å². The van der Waals surface area contributed by atoms with Gasteiger partial charge in [0.15, 0.2) is 0 Å². The summed E-state index contributed by atoms with van der Waals surface area (Å²) in [4.78, 5) is 0. The summed E-state index contributed by atoms with van der Waals surface area (Å²) in [5, 5.41) is 10.3. The van der Waals surface area contributed by atoms with Gasteiger partial charge in [-0.2, -0.15) is 0 Å². The predicted octanol–water partition coefficient (Wildman–Crippen LogP) is 13.6. The monoisotopic (exact) mass is 622 g/mol. The molecule has 49 heavy (non-hydrogen) atoms. The minimum absolute atomic E-state index is 0.0583. The minimum atomic E-state index is -0.0583. The average molecular weight is 623 g/mol. The van der Waals surface area contributed by atoms with E-state index in [0.717, 1.165) is 0 Å². The number of rotatable bonds is 3. The summed E-state index contributed by atoms with van der Waals surface area (Å²) >= 11 is 0. The summed E-state index contributed by atoms with van der Waals surface area (Å²) < 4.78 is 0. The van der Waals surface area contributed by atoms with Crippen LogP contribution in [0.4, 0.5) is 0 Å². The molecule has 0 atom stereocenters. The SMILES string of the molecule is CC1(C)c2ccc(-c3c4ccccc4c(-c4cccc(-c5ccc6ccccc6c5)c4)c4ccccc34)cc2-c2c1ccc1ccccc21. The second-order valence-corrected chi connectivity index (χ2v) is 14.1. The molecule has 0 bridgehead atoms. The Morgan fingerprint density at radius 3 is 1.49 bits per heavy atom. The van der Waals surface area contributed by atoms with Crippen LogP contribution in [0.15, 0.2) is 170 Å². The Kier molecular flexibility index (Phi) is 6.02. The molecule has 0 heterocycles. The van der Waals surface area contributed by atoms with Crippen LogP contribution < -0.4 is 0 Å². The third-order valence-electron chi connectivity index (χ3n) is 11.0. The van der Waals surface area contributed by atoms with E-state index in [2.05, 4.69) is 184 Å². The van der Waals surface area contributed by atoms with Crippen molar-refractivity contribution in [3.05, 3.63) is 181 Å². The van der Waals surface area contributed by atoms with Crippen LogP contribution in [0.25, 0.3) is 87.6 Å². The van der Waals surface area contributed by atoms with Gasteiger partial charge >= 0.3 is 0 Å². The van der Waals surface area contributed by atoms with Crippen molar-refractivity contribution in [1.82, 2.24) is 0 Å². The number of fused-ring (bicyclic) bond motifs is 8. The van der Waals surface area contributed by atoms with Gasteiger partial charge in [-0.15, -0.1) is 0 Å². The maximum Gasteiger partial charge on any atom is 0.0159 e. The van der Waals surface area contributed by atoms with E-state index >= 15 is 0 Å². The smallest absolute Gasteiger partial charge is 0.0159 e. The van der Waals surface area contributed by atoms with Crippen molar-refractivity contribution >= 4 is 43.1 Å². The summed E-state index contributed by atoms with van der Waals surface area (Å²) in [5.41, 5.74) is 13.0. The van der Waals surface area contributed by atoms with E-state index in [9.17, 15) is 0 Å². The molecule has 0 spiro atoms. The van der Waals surface area contributed by atoms with Gasteiger partial charge in [-0.1, -0.05) is 166 Å². The molecule has 0 aromatic heterocycles. The van der Waals surface area contributed by atoms with Crippen LogP contribution in [0.2, 0.25) is 0 Å².